The summed E-state index contributed by atoms with van der Waals surface area (Å²) in [6.07, 6.45) is 3.67. The number of carbonyl (C=O) groups excluding carboxylic acids is 1. The van der Waals surface area contributed by atoms with Gasteiger partial charge in [0.25, 0.3) is 0 Å². The number of hydrogen-bond acceptors (Lipinski definition) is 6. The average molecular weight is 312 g/mol. The van der Waals surface area contributed by atoms with Crippen LogP contribution in [0.2, 0.25) is 0 Å². The van der Waals surface area contributed by atoms with Gasteiger partial charge in [0, 0.05) is 24.5 Å². The molecule has 0 radical (unpaired) electrons. The Bertz CT molecular complexity index is 823. The molecule has 1 aromatic carbocycles. The molecular formula is C15H16N6O2. The van der Waals surface area contributed by atoms with E-state index in [2.05, 4.69) is 20.4 Å². The molecule has 0 unspecified atom stereocenters. The first-order chi connectivity index (χ1) is 11.2. The maximum absolute atomic E-state index is 11.6. The Kier molecular flexibility index (Phi) is 4.13. The molecule has 0 N–H and O–H groups in total. The van der Waals surface area contributed by atoms with E-state index < -0.39 is 5.97 Å². The van der Waals surface area contributed by atoms with Crippen LogP contribution in [0.5, 0.6) is 0 Å². The Morgan fingerprint density at radius 2 is 2.17 bits per heavy atom. The molecule has 0 bridgehead atoms. The first-order valence-electron chi connectivity index (χ1n) is 7.11. The first kappa shape index (κ1) is 14.9. The zero-order valence-corrected chi connectivity index (χ0v) is 12.9. The predicted octanol–water partition coefficient (Wildman–Crippen LogP) is 1.33. The van der Waals surface area contributed by atoms with Crippen molar-refractivity contribution in [1.29, 1.82) is 0 Å². The van der Waals surface area contributed by atoms with Crippen LogP contribution in [0.15, 0.2) is 36.7 Å². The number of imidazole rings is 1. The minimum absolute atomic E-state index is 0.394. The number of ether oxygens (including phenoxy) is 1. The van der Waals surface area contributed by atoms with Crippen LogP contribution in [0.25, 0.3) is 11.4 Å². The summed E-state index contributed by atoms with van der Waals surface area (Å²) in [5.41, 5.74) is 1.17. The molecule has 2 aromatic heterocycles. The van der Waals surface area contributed by atoms with Gasteiger partial charge in [-0.25, -0.2) is 9.78 Å². The predicted molar refractivity (Wildman–Crippen MR) is 81.6 cm³/mol. The molecular weight excluding hydrogens is 296 g/mol. The highest BCUT2D eigenvalue weighted by molar-refractivity contribution is 5.90. The topological polar surface area (TPSA) is 87.7 Å². The van der Waals surface area contributed by atoms with Gasteiger partial charge in [-0.05, 0) is 24.3 Å². The number of methoxy groups -OCH3 is 1. The standard InChI is InChI=1S/C15H16N6O2/c1-11-16-6-7-20(11)8-9-21-18-14(17-19-21)12-4-3-5-13(10-12)15(22)23-2/h3-7,10H,8-9H2,1-2H3. The summed E-state index contributed by atoms with van der Waals surface area (Å²) >= 11 is 0. The molecule has 0 saturated carbocycles. The SMILES string of the molecule is COC(=O)c1cccc(-c2nnn(CCn3ccnc3C)n2)c1. The second-order valence-electron chi connectivity index (χ2n) is 4.95. The van der Waals surface area contributed by atoms with E-state index in [1.54, 1.807) is 24.4 Å². The average Bonchev–Trinajstić information content (AvgIpc) is 3.21. The Morgan fingerprint density at radius 1 is 1.30 bits per heavy atom. The van der Waals surface area contributed by atoms with Crippen molar-refractivity contribution in [1.82, 2.24) is 29.8 Å². The Hall–Kier alpha value is -3.03. The van der Waals surface area contributed by atoms with Crippen molar-refractivity contribution in [2.24, 2.45) is 0 Å². The molecule has 0 amide bonds. The number of aryl methyl sites for hydroxylation is 3. The van der Waals surface area contributed by atoms with Crippen molar-refractivity contribution in [3.8, 4) is 11.4 Å². The lowest BCUT2D eigenvalue weighted by Gasteiger charge is -2.03. The Labute approximate surface area is 132 Å². The molecule has 23 heavy (non-hydrogen) atoms. The van der Waals surface area contributed by atoms with E-state index in [1.165, 1.54) is 11.9 Å². The monoisotopic (exact) mass is 312 g/mol. The molecule has 8 heteroatoms. The van der Waals surface area contributed by atoms with Crippen molar-refractivity contribution < 1.29 is 9.53 Å². The third-order valence-corrected chi connectivity index (χ3v) is 3.46. The summed E-state index contributed by atoms with van der Waals surface area (Å²) in [5, 5.41) is 12.4. The van der Waals surface area contributed by atoms with E-state index in [-0.39, 0.29) is 0 Å². The minimum atomic E-state index is -0.394. The highest BCUT2D eigenvalue weighted by Gasteiger charge is 2.10. The van der Waals surface area contributed by atoms with Gasteiger partial charge < -0.3 is 9.30 Å². The number of esters is 1. The molecule has 8 nitrogen and oxygen atoms in total. The van der Waals surface area contributed by atoms with Crippen molar-refractivity contribution >= 4 is 5.97 Å². The molecule has 0 aliphatic carbocycles. The second-order valence-corrected chi connectivity index (χ2v) is 4.95. The largest absolute Gasteiger partial charge is 0.465 e. The molecule has 0 spiro atoms. The van der Waals surface area contributed by atoms with Crippen molar-refractivity contribution in [3.05, 3.63) is 48.0 Å². The van der Waals surface area contributed by atoms with Crippen LogP contribution in [0.1, 0.15) is 16.2 Å². The van der Waals surface area contributed by atoms with E-state index in [4.69, 9.17) is 4.74 Å². The van der Waals surface area contributed by atoms with E-state index in [9.17, 15) is 4.79 Å². The molecule has 0 saturated heterocycles. The quantitative estimate of drug-likeness (QED) is 0.661. The van der Waals surface area contributed by atoms with E-state index in [0.29, 0.717) is 24.5 Å². The zero-order chi connectivity index (χ0) is 16.2. The molecule has 3 aromatic rings. The Morgan fingerprint density at radius 3 is 2.91 bits per heavy atom. The minimum Gasteiger partial charge on any atom is -0.465 e. The van der Waals surface area contributed by atoms with Gasteiger partial charge in [-0.15, -0.1) is 10.2 Å². The van der Waals surface area contributed by atoms with Crippen molar-refractivity contribution in [3.63, 3.8) is 0 Å². The molecule has 0 atom stereocenters. The van der Waals surface area contributed by atoms with Gasteiger partial charge >= 0.3 is 5.97 Å². The van der Waals surface area contributed by atoms with Crippen LogP contribution in [0, 0.1) is 6.92 Å². The van der Waals surface area contributed by atoms with Crippen LogP contribution in [-0.4, -0.2) is 42.8 Å². The third-order valence-electron chi connectivity index (χ3n) is 3.46. The van der Waals surface area contributed by atoms with Crippen LogP contribution in [0.4, 0.5) is 0 Å². The lowest BCUT2D eigenvalue weighted by Crippen LogP contribution is -2.10. The highest BCUT2D eigenvalue weighted by atomic mass is 16.5. The van der Waals surface area contributed by atoms with E-state index in [0.717, 1.165) is 11.4 Å². The summed E-state index contributed by atoms with van der Waals surface area (Å²) in [7, 11) is 1.35. The number of rotatable bonds is 5. The molecule has 0 aliphatic rings. The lowest BCUT2D eigenvalue weighted by atomic mass is 10.1. The van der Waals surface area contributed by atoms with Gasteiger partial charge in [0.05, 0.1) is 19.2 Å². The molecule has 3 rings (SSSR count). The van der Waals surface area contributed by atoms with Gasteiger partial charge in [-0.1, -0.05) is 12.1 Å². The molecule has 2 heterocycles. The maximum Gasteiger partial charge on any atom is 0.337 e. The van der Waals surface area contributed by atoms with Crippen LogP contribution in [0.3, 0.4) is 0 Å². The van der Waals surface area contributed by atoms with Gasteiger partial charge in [-0.3, -0.25) is 0 Å². The van der Waals surface area contributed by atoms with E-state index >= 15 is 0 Å². The van der Waals surface area contributed by atoms with E-state index in [1.807, 2.05) is 23.8 Å². The second kappa shape index (κ2) is 6.39. The number of nitrogens with zero attached hydrogens (tertiary/aromatic N) is 6. The van der Waals surface area contributed by atoms with Crippen LogP contribution >= 0.6 is 0 Å². The molecule has 0 fully saturated rings. The molecule has 0 aliphatic heterocycles. The van der Waals surface area contributed by atoms with Crippen molar-refractivity contribution in [2.45, 2.75) is 20.0 Å². The number of carbonyl (C=O) groups is 1. The fourth-order valence-electron chi connectivity index (χ4n) is 2.19. The zero-order valence-electron chi connectivity index (χ0n) is 12.9. The summed E-state index contributed by atoms with van der Waals surface area (Å²) in [5.74, 6) is 1.02. The number of aromatic nitrogens is 6. The summed E-state index contributed by atoms with van der Waals surface area (Å²) in [6, 6.07) is 6.96. The molecule has 118 valence electrons. The van der Waals surface area contributed by atoms with Crippen LogP contribution in [-0.2, 0) is 17.8 Å². The lowest BCUT2D eigenvalue weighted by molar-refractivity contribution is 0.0601. The van der Waals surface area contributed by atoms with Crippen LogP contribution < -0.4 is 0 Å². The number of benzene rings is 1. The summed E-state index contributed by atoms with van der Waals surface area (Å²) in [4.78, 5) is 17.3. The highest BCUT2D eigenvalue weighted by Crippen LogP contribution is 2.16. The third kappa shape index (κ3) is 3.25. The maximum atomic E-state index is 11.6. The Balaban J connectivity index is 1.74. The van der Waals surface area contributed by atoms with Gasteiger partial charge in [0.15, 0.2) is 0 Å². The summed E-state index contributed by atoms with van der Waals surface area (Å²) < 4.78 is 6.73. The van der Waals surface area contributed by atoms with Gasteiger partial charge in [0.1, 0.15) is 5.82 Å². The number of tetrazole rings is 1. The normalized spacial score (nSPS) is 10.7. The fraction of sp³-hybridized carbons (Fsp3) is 0.267. The first-order valence-corrected chi connectivity index (χ1v) is 7.11. The van der Waals surface area contributed by atoms with Gasteiger partial charge in [0.2, 0.25) is 5.82 Å². The van der Waals surface area contributed by atoms with Crippen molar-refractivity contribution in [2.75, 3.05) is 7.11 Å². The van der Waals surface area contributed by atoms with Gasteiger partial charge in [-0.2, -0.15) is 4.80 Å². The smallest absolute Gasteiger partial charge is 0.337 e. The summed E-state index contributed by atoms with van der Waals surface area (Å²) in [6.45, 7) is 3.24. The fourth-order valence-corrected chi connectivity index (χ4v) is 2.19. The number of hydrogen-bond donors (Lipinski definition) is 0.